The van der Waals surface area contributed by atoms with E-state index in [0.717, 1.165) is 57.6 Å². The van der Waals surface area contributed by atoms with E-state index in [9.17, 15) is 9.59 Å². The Morgan fingerprint density at radius 2 is 1.90 bits per heavy atom. The van der Waals surface area contributed by atoms with Crippen LogP contribution >= 0.6 is 11.8 Å². The van der Waals surface area contributed by atoms with Gasteiger partial charge in [-0.1, -0.05) is 6.92 Å². The Labute approximate surface area is 131 Å². The van der Waals surface area contributed by atoms with Crippen LogP contribution in [0, 0.1) is 5.92 Å². The molecule has 1 unspecified atom stereocenters. The van der Waals surface area contributed by atoms with Gasteiger partial charge in [-0.3, -0.25) is 4.79 Å². The zero-order valence-corrected chi connectivity index (χ0v) is 13.6. The van der Waals surface area contributed by atoms with Crippen LogP contribution in [0.2, 0.25) is 0 Å². The molecule has 21 heavy (non-hydrogen) atoms. The minimum Gasteiger partial charge on any atom is -0.481 e. The summed E-state index contributed by atoms with van der Waals surface area (Å²) in [6, 6.07) is 0.186. The normalized spacial score (nSPS) is 24.1. The third kappa shape index (κ3) is 4.80. The van der Waals surface area contributed by atoms with Gasteiger partial charge in [0.25, 0.3) is 0 Å². The van der Waals surface area contributed by atoms with Crippen LogP contribution < -0.4 is 0 Å². The first kappa shape index (κ1) is 16.5. The second-order valence-corrected chi connectivity index (χ2v) is 7.40. The summed E-state index contributed by atoms with van der Waals surface area (Å²) in [5.41, 5.74) is 0. The van der Waals surface area contributed by atoms with Crippen LogP contribution in [0.15, 0.2) is 0 Å². The lowest BCUT2D eigenvalue weighted by molar-refractivity contribution is -0.137. The molecule has 1 atom stereocenters. The predicted molar refractivity (Wildman–Crippen MR) is 84.7 cm³/mol. The van der Waals surface area contributed by atoms with E-state index in [0.29, 0.717) is 11.2 Å². The number of carbonyl (C=O) groups is 2. The molecule has 120 valence electrons. The highest BCUT2D eigenvalue weighted by molar-refractivity contribution is 8.00. The maximum Gasteiger partial charge on any atom is 0.320 e. The fourth-order valence-corrected chi connectivity index (χ4v) is 4.26. The number of amides is 2. The maximum absolute atomic E-state index is 12.5. The van der Waals surface area contributed by atoms with Gasteiger partial charge in [0.2, 0.25) is 0 Å². The molecule has 0 radical (unpaired) electrons. The van der Waals surface area contributed by atoms with Crippen LogP contribution in [-0.4, -0.2) is 64.1 Å². The van der Waals surface area contributed by atoms with E-state index in [1.165, 1.54) is 0 Å². The summed E-state index contributed by atoms with van der Waals surface area (Å²) in [6.07, 6.45) is 4.00. The number of rotatable bonds is 4. The number of carboxylic acid groups (broad SMARTS) is 1. The Morgan fingerprint density at radius 1 is 1.19 bits per heavy atom. The molecule has 6 heteroatoms. The highest BCUT2D eigenvalue weighted by Crippen LogP contribution is 2.25. The van der Waals surface area contributed by atoms with Gasteiger partial charge >= 0.3 is 12.0 Å². The van der Waals surface area contributed by atoms with Crippen molar-refractivity contribution in [1.29, 1.82) is 0 Å². The molecule has 0 aromatic heterocycles. The van der Waals surface area contributed by atoms with E-state index < -0.39 is 5.97 Å². The predicted octanol–water partition coefficient (Wildman–Crippen LogP) is 2.51. The first-order valence-corrected chi connectivity index (χ1v) is 9.02. The zero-order valence-electron chi connectivity index (χ0n) is 12.8. The van der Waals surface area contributed by atoms with Gasteiger partial charge < -0.3 is 14.9 Å². The zero-order chi connectivity index (χ0) is 15.2. The molecule has 2 fully saturated rings. The van der Waals surface area contributed by atoms with Crippen molar-refractivity contribution in [2.45, 2.75) is 44.3 Å². The first-order chi connectivity index (χ1) is 10.1. The van der Waals surface area contributed by atoms with Crippen molar-refractivity contribution >= 4 is 23.8 Å². The molecule has 0 aromatic rings. The largest absolute Gasteiger partial charge is 0.481 e. The van der Waals surface area contributed by atoms with Crippen LogP contribution in [-0.2, 0) is 4.79 Å². The van der Waals surface area contributed by atoms with E-state index in [1.54, 1.807) is 0 Å². The number of likely N-dealkylation sites (tertiary alicyclic amines) is 1. The Kier molecular flexibility index (Phi) is 6.21. The number of hydrogen-bond donors (Lipinski definition) is 1. The number of thioether (sulfide) groups is 1. The number of carbonyl (C=O) groups excluding carboxylic acids is 1. The number of hydrogen-bond acceptors (Lipinski definition) is 3. The summed E-state index contributed by atoms with van der Waals surface area (Å²) in [4.78, 5) is 27.1. The van der Waals surface area contributed by atoms with Crippen LogP contribution in [0.1, 0.15) is 39.0 Å². The minimum atomic E-state index is -0.718. The molecule has 0 spiro atoms. The lowest BCUT2D eigenvalue weighted by Gasteiger charge is -2.38. The minimum absolute atomic E-state index is 0.186. The maximum atomic E-state index is 12.5. The van der Waals surface area contributed by atoms with Gasteiger partial charge in [0.05, 0.1) is 0 Å². The van der Waals surface area contributed by atoms with Crippen LogP contribution in [0.4, 0.5) is 4.79 Å². The second kappa shape index (κ2) is 7.92. The van der Waals surface area contributed by atoms with Gasteiger partial charge in [-0.05, 0) is 31.6 Å². The topological polar surface area (TPSA) is 60.9 Å². The molecule has 1 N–H and O–H groups in total. The summed E-state index contributed by atoms with van der Waals surface area (Å²) in [5.74, 6) is 0.787. The van der Waals surface area contributed by atoms with E-state index in [1.807, 2.05) is 21.6 Å². The number of nitrogens with zero attached hydrogens (tertiary/aromatic N) is 2. The molecule has 0 aromatic carbocycles. The van der Waals surface area contributed by atoms with Crippen molar-refractivity contribution in [2.75, 3.05) is 31.9 Å². The Morgan fingerprint density at radius 3 is 2.52 bits per heavy atom. The molecule has 2 aliphatic rings. The van der Waals surface area contributed by atoms with Gasteiger partial charge in [-0.2, -0.15) is 11.8 Å². The van der Waals surface area contributed by atoms with Crippen molar-refractivity contribution in [3.63, 3.8) is 0 Å². The highest BCUT2D eigenvalue weighted by atomic mass is 32.2. The third-order valence-corrected chi connectivity index (χ3v) is 5.89. The second-order valence-electron chi connectivity index (χ2n) is 5.99. The van der Waals surface area contributed by atoms with Gasteiger partial charge in [-0.15, -0.1) is 0 Å². The van der Waals surface area contributed by atoms with Gasteiger partial charge in [0, 0.05) is 43.6 Å². The molecule has 2 aliphatic heterocycles. The lowest BCUT2D eigenvalue weighted by Crippen LogP contribution is -2.50. The number of urea groups is 1. The fourth-order valence-electron chi connectivity index (χ4n) is 3.08. The number of piperidine rings is 1. The van der Waals surface area contributed by atoms with Crippen molar-refractivity contribution in [2.24, 2.45) is 5.92 Å². The molecule has 0 bridgehead atoms. The molecule has 2 heterocycles. The van der Waals surface area contributed by atoms with Crippen LogP contribution in [0.5, 0.6) is 0 Å². The Balaban J connectivity index is 1.76. The summed E-state index contributed by atoms with van der Waals surface area (Å²) >= 11 is 1.97. The summed E-state index contributed by atoms with van der Waals surface area (Å²) in [5, 5.41) is 9.31. The molecule has 2 saturated heterocycles. The van der Waals surface area contributed by atoms with Crippen molar-refractivity contribution in [3.8, 4) is 0 Å². The van der Waals surface area contributed by atoms with Crippen molar-refractivity contribution < 1.29 is 14.7 Å². The smallest absolute Gasteiger partial charge is 0.320 e. The Bertz CT molecular complexity index is 370. The van der Waals surface area contributed by atoms with Crippen molar-refractivity contribution in [1.82, 2.24) is 9.80 Å². The summed E-state index contributed by atoms with van der Waals surface area (Å²) < 4.78 is 0. The number of carboxylic acids is 1. The van der Waals surface area contributed by atoms with Gasteiger partial charge in [-0.25, -0.2) is 4.79 Å². The van der Waals surface area contributed by atoms with E-state index in [4.69, 9.17) is 5.11 Å². The summed E-state index contributed by atoms with van der Waals surface area (Å²) in [7, 11) is 0. The SMILES string of the molecule is CCC1CN(C(=O)N2CCC(CCC(=O)O)CC2)CCS1. The average Bonchev–Trinajstić information content (AvgIpc) is 2.52. The van der Waals surface area contributed by atoms with E-state index >= 15 is 0 Å². The van der Waals surface area contributed by atoms with E-state index in [-0.39, 0.29) is 12.5 Å². The molecule has 2 rings (SSSR count). The standard InChI is InChI=1S/C15H26N2O3S/c1-2-13-11-17(9-10-21-13)15(20)16-7-5-12(6-8-16)3-4-14(18)19/h12-13H,2-11H2,1H3,(H,18,19). The van der Waals surface area contributed by atoms with Gasteiger partial charge in [0.15, 0.2) is 0 Å². The first-order valence-electron chi connectivity index (χ1n) is 7.97. The van der Waals surface area contributed by atoms with Gasteiger partial charge in [0.1, 0.15) is 0 Å². The third-order valence-electron chi connectivity index (χ3n) is 4.52. The van der Waals surface area contributed by atoms with E-state index in [2.05, 4.69) is 6.92 Å². The van der Waals surface area contributed by atoms with Crippen LogP contribution in [0.3, 0.4) is 0 Å². The quantitative estimate of drug-likeness (QED) is 0.866. The summed E-state index contributed by atoms with van der Waals surface area (Å²) in [6.45, 7) is 5.48. The lowest BCUT2D eigenvalue weighted by atomic mass is 9.92. The number of aliphatic carboxylic acids is 1. The average molecular weight is 314 g/mol. The molecular weight excluding hydrogens is 288 g/mol. The monoisotopic (exact) mass is 314 g/mol. The molecule has 5 nitrogen and oxygen atoms in total. The molecule has 2 amide bonds. The Hall–Kier alpha value is -0.910. The highest BCUT2D eigenvalue weighted by Gasteiger charge is 2.29. The van der Waals surface area contributed by atoms with Crippen molar-refractivity contribution in [3.05, 3.63) is 0 Å². The molecular formula is C15H26N2O3S. The molecule has 0 aliphatic carbocycles. The molecule has 0 saturated carbocycles. The fraction of sp³-hybridized carbons (Fsp3) is 0.867. The van der Waals surface area contributed by atoms with Crippen LogP contribution in [0.25, 0.3) is 0 Å².